The monoisotopic (exact) mass is 297 g/mol. The molecule has 0 fully saturated rings. The van der Waals surface area contributed by atoms with Crippen LogP contribution < -0.4 is 5.32 Å². The molecule has 0 aromatic heterocycles. The van der Waals surface area contributed by atoms with Crippen molar-refractivity contribution >= 4 is 11.9 Å². The Kier molecular flexibility index (Phi) is 5.72. The minimum Gasteiger partial charge on any atom is -0.466 e. The van der Waals surface area contributed by atoms with Crippen LogP contribution in [0.5, 0.6) is 0 Å². The van der Waals surface area contributed by atoms with Gasteiger partial charge in [0.15, 0.2) is 0 Å². The van der Waals surface area contributed by atoms with E-state index in [9.17, 15) is 9.59 Å². The number of carbonyl (C=O) groups is 2. The molecule has 0 aliphatic rings. The fourth-order valence-electron chi connectivity index (χ4n) is 2.16. The van der Waals surface area contributed by atoms with Crippen LogP contribution in [0.2, 0.25) is 0 Å². The highest BCUT2D eigenvalue weighted by Crippen LogP contribution is 2.18. The van der Waals surface area contributed by atoms with Crippen LogP contribution in [0.15, 0.2) is 60.7 Å². The Morgan fingerprint density at radius 2 is 1.59 bits per heavy atom. The molecule has 0 saturated heterocycles. The average Bonchev–Trinajstić information content (AvgIpc) is 2.56. The van der Waals surface area contributed by atoms with E-state index in [0.29, 0.717) is 12.2 Å². The lowest BCUT2D eigenvalue weighted by Gasteiger charge is -2.18. The summed E-state index contributed by atoms with van der Waals surface area (Å²) in [5.74, 6) is -0.538. The largest absolute Gasteiger partial charge is 0.466 e. The maximum absolute atomic E-state index is 12.3. The minimum absolute atomic E-state index is 0.108. The number of rotatable bonds is 6. The van der Waals surface area contributed by atoms with Gasteiger partial charge in [-0.1, -0.05) is 48.5 Å². The highest BCUT2D eigenvalue weighted by molar-refractivity contribution is 5.94. The summed E-state index contributed by atoms with van der Waals surface area (Å²) >= 11 is 0. The Bertz CT molecular complexity index is 611. The molecule has 1 atom stereocenters. The van der Waals surface area contributed by atoms with Gasteiger partial charge in [-0.15, -0.1) is 0 Å². The van der Waals surface area contributed by atoms with E-state index in [-0.39, 0.29) is 18.3 Å². The highest BCUT2D eigenvalue weighted by Gasteiger charge is 2.19. The topological polar surface area (TPSA) is 55.4 Å². The Labute approximate surface area is 130 Å². The van der Waals surface area contributed by atoms with E-state index in [2.05, 4.69) is 5.32 Å². The summed E-state index contributed by atoms with van der Waals surface area (Å²) in [6.07, 6.45) is 0.108. The van der Waals surface area contributed by atoms with Crippen molar-refractivity contribution in [1.82, 2.24) is 5.32 Å². The zero-order valence-electron chi connectivity index (χ0n) is 12.5. The van der Waals surface area contributed by atoms with Crippen LogP contribution >= 0.6 is 0 Å². The average molecular weight is 297 g/mol. The molecule has 0 bridgehead atoms. The lowest BCUT2D eigenvalue weighted by atomic mass is 10.0. The molecular formula is C18H19NO3. The van der Waals surface area contributed by atoms with E-state index >= 15 is 0 Å². The molecule has 2 aromatic carbocycles. The Morgan fingerprint density at radius 3 is 2.18 bits per heavy atom. The van der Waals surface area contributed by atoms with Gasteiger partial charge in [-0.3, -0.25) is 9.59 Å². The van der Waals surface area contributed by atoms with Crippen molar-refractivity contribution in [2.24, 2.45) is 0 Å². The van der Waals surface area contributed by atoms with Crippen LogP contribution in [0.1, 0.15) is 35.3 Å². The van der Waals surface area contributed by atoms with Gasteiger partial charge in [0.1, 0.15) is 0 Å². The third kappa shape index (κ3) is 4.45. The number of amides is 1. The number of nitrogens with one attached hydrogen (secondary N) is 1. The van der Waals surface area contributed by atoms with Gasteiger partial charge in [0.2, 0.25) is 0 Å². The molecule has 1 amide bonds. The second-order valence-corrected chi connectivity index (χ2v) is 4.81. The number of esters is 1. The van der Waals surface area contributed by atoms with Crippen molar-refractivity contribution in [2.75, 3.05) is 6.61 Å². The minimum atomic E-state index is -0.409. The van der Waals surface area contributed by atoms with Gasteiger partial charge in [-0.25, -0.2) is 0 Å². The summed E-state index contributed by atoms with van der Waals surface area (Å²) in [6.45, 7) is 2.09. The molecule has 2 rings (SSSR count). The summed E-state index contributed by atoms with van der Waals surface area (Å²) in [6, 6.07) is 17.9. The Hall–Kier alpha value is -2.62. The second-order valence-electron chi connectivity index (χ2n) is 4.81. The van der Waals surface area contributed by atoms with E-state index < -0.39 is 6.04 Å². The Balaban J connectivity index is 2.14. The fourth-order valence-corrected chi connectivity index (χ4v) is 2.16. The predicted molar refractivity (Wildman–Crippen MR) is 84.3 cm³/mol. The van der Waals surface area contributed by atoms with Crippen molar-refractivity contribution in [3.63, 3.8) is 0 Å². The summed E-state index contributed by atoms with van der Waals surface area (Å²) in [5.41, 5.74) is 1.44. The van der Waals surface area contributed by atoms with Crippen LogP contribution in [0.25, 0.3) is 0 Å². The van der Waals surface area contributed by atoms with E-state index in [0.717, 1.165) is 5.56 Å². The van der Waals surface area contributed by atoms with Crippen LogP contribution in [0, 0.1) is 0 Å². The molecular weight excluding hydrogens is 278 g/mol. The molecule has 0 heterocycles. The van der Waals surface area contributed by atoms with Crippen LogP contribution in [-0.2, 0) is 9.53 Å². The van der Waals surface area contributed by atoms with Crippen LogP contribution in [-0.4, -0.2) is 18.5 Å². The number of carbonyl (C=O) groups excluding carboxylic acids is 2. The molecule has 4 nitrogen and oxygen atoms in total. The van der Waals surface area contributed by atoms with Crippen molar-refractivity contribution in [1.29, 1.82) is 0 Å². The molecule has 0 saturated carbocycles. The quantitative estimate of drug-likeness (QED) is 0.834. The van der Waals surface area contributed by atoms with Crippen molar-refractivity contribution in [3.05, 3.63) is 71.8 Å². The van der Waals surface area contributed by atoms with Gasteiger partial charge in [-0.2, -0.15) is 0 Å². The van der Waals surface area contributed by atoms with Gasteiger partial charge in [0.25, 0.3) is 5.91 Å². The maximum atomic E-state index is 12.3. The van der Waals surface area contributed by atoms with E-state index in [1.54, 1.807) is 31.2 Å². The first-order valence-electron chi connectivity index (χ1n) is 7.27. The van der Waals surface area contributed by atoms with Gasteiger partial charge < -0.3 is 10.1 Å². The van der Waals surface area contributed by atoms with E-state index in [1.165, 1.54) is 0 Å². The first-order valence-corrected chi connectivity index (χ1v) is 7.27. The third-order valence-electron chi connectivity index (χ3n) is 3.22. The van der Waals surface area contributed by atoms with E-state index in [1.807, 2.05) is 36.4 Å². The first kappa shape index (κ1) is 15.8. The summed E-state index contributed by atoms with van der Waals surface area (Å²) < 4.78 is 4.99. The molecule has 114 valence electrons. The standard InChI is InChI=1S/C18H19NO3/c1-2-22-17(20)13-16(14-9-5-3-6-10-14)19-18(21)15-11-7-4-8-12-15/h3-12,16H,2,13H2,1H3,(H,19,21)/t16-/m0/s1. The van der Waals surface area contributed by atoms with Crippen LogP contribution in [0.4, 0.5) is 0 Å². The molecule has 0 aliphatic carbocycles. The molecule has 22 heavy (non-hydrogen) atoms. The van der Waals surface area contributed by atoms with Crippen molar-refractivity contribution < 1.29 is 14.3 Å². The molecule has 0 radical (unpaired) electrons. The van der Waals surface area contributed by atoms with Gasteiger partial charge in [0, 0.05) is 5.56 Å². The summed E-state index contributed by atoms with van der Waals surface area (Å²) in [4.78, 5) is 24.1. The highest BCUT2D eigenvalue weighted by atomic mass is 16.5. The first-order chi connectivity index (χ1) is 10.7. The predicted octanol–water partition coefficient (Wildman–Crippen LogP) is 3.11. The molecule has 0 aliphatic heterocycles. The van der Waals surface area contributed by atoms with Crippen molar-refractivity contribution in [2.45, 2.75) is 19.4 Å². The smallest absolute Gasteiger partial charge is 0.308 e. The zero-order valence-corrected chi connectivity index (χ0v) is 12.5. The molecule has 0 unspecified atom stereocenters. The number of hydrogen-bond donors (Lipinski definition) is 1. The lowest BCUT2D eigenvalue weighted by molar-refractivity contribution is -0.143. The van der Waals surface area contributed by atoms with E-state index in [4.69, 9.17) is 4.74 Å². The third-order valence-corrected chi connectivity index (χ3v) is 3.22. The molecule has 4 heteroatoms. The SMILES string of the molecule is CCOC(=O)C[C@H](NC(=O)c1ccccc1)c1ccccc1. The molecule has 2 aromatic rings. The van der Waals surface area contributed by atoms with Gasteiger partial charge in [-0.05, 0) is 24.6 Å². The van der Waals surface area contributed by atoms with Gasteiger partial charge in [0.05, 0.1) is 19.1 Å². The summed E-state index contributed by atoms with van der Waals surface area (Å²) in [5, 5.41) is 2.90. The number of hydrogen-bond acceptors (Lipinski definition) is 3. The number of benzene rings is 2. The van der Waals surface area contributed by atoms with Crippen molar-refractivity contribution in [3.8, 4) is 0 Å². The second kappa shape index (κ2) is 7.98. The maximum Gasteiger partial charge on any atom is 0.308 e. The zero-order chi connectivity index (χ0) is 15.8. The molecule has 1 N–H and O–H groups in total. The fraction of sp³-hybridized carbons (Fsp3) is 0.222. The Morgan fingerprint density at radius 1 is 1.00 bits per heavy atom. The van der Waals surface area contributed by atoms with Gasteiger partial charge >= 0.3 is 5.97 Å². The molecule has 0 spiro atoms. The van der Waals surface area contributed by atoms with Crippen LogP contribution in [0.3, 0.4) is 0 Å². The normalized spacial score (nSPS) is 11.5. The summed E-state index contributed by atoms with van der Waals surface area (Å²) in [7, 11) is 0. The lowest BCUT2D eigenvalue weighted by Crippen LogP contribution is -2.30. The number of ether oxygens (including phenoxy) is 1.